The number of likely N-dealkylation sites (N-methyl/N-ethyl adjacent to an activating group) is 1. The maximum Gasteiger partial charge on any atom is 0.241 e. The Bertz CT molecular complexity index is 512. The molecule has 114 valence electrons. The molecule has 1 unspecified atom stereocenters. The van der Waals surface area contributed by atoms with Gasteiger partial charge in [0.2, 0.25) is 11.8 Å². The molecule has 0 aliphatic carbocycles. The maximum atomic E-state index is 12.2. The summed E-state index contributed by atoms with van der Waals surface area (Å²) in [5, 5.41) is 6.02. The monoisotopic (exact) mass is 289 g/mol. The zero-order valence-corrected chi connectivity index (χ0v) is 12.7. The fraction of sp³-hybridized carbons (Fsp3) is 0.500. The number of benzene rings is 1. The van der Waals surface area contributed by atoms with Crippen molar-refractivity contribution in [3.63, 3.8) is 0 Å². The summed E-state index contributed by atoms with van der Waals surface area (Å²) in [5.41, 5.74) is 2.02. The van der Waals surface area contributed by atoms with Gasteiger partial charge in [0.1, 0.15) is 0 Å². The lowest BCUT2D eigenvalue weighted by Gasteiger charge is -2.21. The van der Waals surface area contributed by atoms with E-state index in [0.29, 0.717) is 19.5 Å². The van der Waals surface area contributed by atoms with Gasteiger partial charge in [-0.3, -0.25) is 14.9 Å². The van der Waals surface area contributed by atoms with Gasteiger partial charge in [0.15, 0.2) is 0 Å². The molecule has 0 aromatic heterocycles. The summed E-state index contributed by atoms with van der Waals surface area (Å²) in [5.74, 6) is -0.0261. The molecular weight excluding hydrogens is 266 g/mol. The number of anilines is 1. The third-order valence-electron chi connectivity index (χ3n) is 3.91. The average molecular weight is 289 g/mol. The lowest BCUT2D eigenvalue weighted by Crippen LogP contribution is -2.46. The highest BCUT2D eigenvalue weighted by Crippen LogP contribution is 2.21. The highest BCUT2D eigenvalue weighted by Gasteiger charge is 2.24. The third kappa shape index (κ3) is 3.82. The van der Waals surface area contributed by atoms with Gasteiger partial charge >= 0.3 is 0 Å². The van der Waals surface area contributed by atoms with Crippen LogP contribution in [0.1, 0.15) is 25.8 Å². The average Bonchev–Trinajstić information content (AvgIpc) is 2.65. The van der Waals surface area contributed by atoms with E-state index in [2.05, 4.69) is 10.6 Å². The van der Waals surface area contributed by atoms with E-state index < -0.39 is 0 Å². The van der Waals surface area contributed by atoms with Crippen molar-refractivity contribution in [1.29, 1.82) is 0 Å². The van der Waals surface area contributed by atoms with Crippen LogP contribution >= 0.6 is 0 Å². The Labute approximate surface area is 125 Å². The molecule has 2 rings (SSSR count). The minimum Gasteiger partial charge on any atom is -0.342 e. The van der Waals surface area contributed by atoms with Gasteiger partial charge < -0.3 is 10.2 Å². The van der Waals surface area contributed by atoms with Crippen LogP contribution in [0.25, 0.3) is 0 Å². The molecule has 2 amide bonds. The van der Waals surface area contributed by atoms with E-state index in [1.54, 1.807) is 4.90 Å². The number of carbonyl (C=O) groups excluding carboxylic acids is 2. The van der Waals surface area contributed by atoms with Gasteiger partial charge in [-0.2, -0.15) is 0 Å². The van der Waals surface area contributed by atoms with Crippen LogP contribution in [0.5, 0.6) is 0 Å². The summed E-state index contributed by atoms with van der Waals surface area (Å²) in [6.45, 7) is 5.50. The van der Waals surface area contributed by atoms with Crippen molar-refractivity contribution in [2.75, 3.05) is 25.0 Å². The normalized spacial score (nSPS) is 17.6. The molecule has 0 saturated heterocycles. The van der Waals surface area contributed by atoms with Crippen LogP contribution in [0.15, 0.2) is 24.3 Å². The van der Waals surface area contributed by atoms with Gasteiger partial charge in [0.05, 0.1) is 12.6 Å². The van der Waals surface area contributed by atoms with Gasteiger partial charge in [-0.15, -0.1) is 0 Å². The number of para-hydroxylation sites is 1. The lowest BCUT2D eigenvalue weighted by atomic mass is 10.1. The fourth-order valence-corrected chi connectivity index (χ4v) is 2.60. The van der Waals surface area contributed by atoms with Crippen LogP contribution in [0.4, 0.5) is 5.69 Å². The van der Waals surface area contributed by atoms with E-state index in [0.717, 1.165) is 17.7 Å². The molecule has 1 aliphatic heterocycles. The Morgan fingerprint density at radius 3 is 2.76 bits per heavy atom. The van der Waals surface area contributed by atoms with E-state index >= 15 is 0 Å². The van der Waals surface area contributed by atoms with Crippen LogP contribution in [-0.4, -0.2) is 42.4 Å². The number of hydrogen-bond acceptors (Lipinski definition) is 3. The summed E-state index contributed by atoms with van der Waals surface area (Å²) in [7, 11) is 0. The largest absolute Gasteiger partial charge is 0.342 e. The van der Waals surface area contributed by atoms with Crippen molar-refractivity contribution in [2.45, 2.75) is 32.7 Å². The number of hydrogen-bond donors (Lipinski definition) is 2. The second-order valence-electron chi connectivity index (χ2n) is 5.18. The van der Waals surface area contributed by atoms with E-state index in [9.17, 15) is 9.59 Å². The first-order chi connectivity index (χ1) is 10.2. The predicted octanol–water partition coefficient (Wildman–Crippen LogP) is 1.40. The zero-order chi connectivity index (χ0) is 15.2. The summed E-state index contributed by atoms with van der Waals surface area (Å²) < 4.78 is 0. The van der Waals surface area contributed by atoms with Gasteiger partial charge in [-0.1, -0.05) is 18.2 Å². The molecule has 5 nitrogen and oxygen atoms in total. The Morgan fingerprint density at radius 1 is 1.33 bits per heavy atom. The molecule has 21 heavy (non-hydrogen) atoms. The predicted molar refractivity (Wildman–Crippen MR) is 83.1 cm³/mol. The number of nitrogens with one attached hydrogen (secondary N) is 2. The molecule has 0 fully saturated rings. The Hall–Kier alpha value is -1.88. The summed E-state index contributed by atoms with van der Waals surface area (Å²) in [6.07, 6.45) is 1.53. The molecule has 0 spiro atoms. The number of carbonyl (C=O) groups is 2. The van der Waals surface area contributed by atoms with E-state index in [-0.39, 0.29) is 24.4 Å². The SMILES string of the molecule is CCN(CC)C(=O)CNC1CCc2ccccc2NC1=O. The van der Waals surface area contributed by atoms with Crippen molar-refractivity contribution in [2.24, 2.45) is 0 Å². The summed E-state index contributed by atoms with van der Waals surface area (Å²) in [4.78, 5) is 26.0. The van der Waals surface area contributed by atoms with Gasteiger partial charge in [0, 0.05) is 18.8 Å². The Kier molecular flexibility index (Phi) is 5.33. The first-order valence-electron chi connectivity index (χ1n) is 7.55. The number of rotatable bonds is 5. The summed E-state index contributed by atoms with van der Waals surface area (Å²) in [6, 6.07) is 7.51. The van der Waals surface area contributed by atoms with E-state index in [1.165, 1.54) is 0 Å². The first kappa shape index (κ1) is 15.5. The number of fused-ring (bicyclic) bond motifs is 1. The molecule has 1 heterocycles. The minimum absolute atomic E-state index is 0.0366. The van der Waals surface area contributed by atoms with Crippen molar-refractivity contribution in [3.05, 3.63) is 29.8 Å². The molecule has 1 atom stereocenters. The van der Waals surface area contributed by atoms with Crippen molar-refractivity contribution in [3.8, 4) is 0 Å². The minimum atomic E-state index is -0.322. The van der Waals surface area contributed by atoms with Crippen LogP contribution < -0.4 is 10.6 Å². The van der Waals surface area contributed by atoms with Gasteiger partial charge in [-0.05, 0) is 38.3 Å². The molecule has 0 radical (unpaired) electrons. The molecular formula is C16H23N3O2. The standard InChI is InChI=1S/C16H23N3O2/c1-3-19(4-2)15(20)11-17-14-10-9-12-7-5-6-8-13(12)18-16(14)21/h5-8,14,17H,3-4,9-11H2,1-2H3,(H,18,21). The number of amides is 2. The van der Waals surface area contributed by atoms with Crippen LogP contribution in [-0.2, 0) is 16.0 Å². The molecule has 2 N–H and O–H groups in total. The topological polar surface area (TPSA) is 61.4 Å². The Morgan fingerprint density at radius 2 is 2.05 bits per heavy atom. The molecule has 0 saturated carbocycles. The maximum absolute atomic E-state index is 12.2. The van der Waals surface area contributed by atoms with Crippen LogP contribution in [0.3, 0.4) is 0 Å². The molecule has 1 aliphatic rings. The molecule has 5 heteroatoms. The Balaban J connectivity index is 1.94. The highest BCUT2D eigenvalue weighted by molar-refractivity contribution is 5.96. The first-order valence-corrected chi connectivity index (χ1v) is 7.55. The van der Waals surface area contributed by atoms with Gasteiger partial charge in [-0.25, -0.2) is 0 Å². The molecule has 1 aromatic rings. The van der Waals surface area contributed by atoms with Crippen LogP contribution in [0, 0.1) is 0 Å². The quantitative estimate of drug-likeness (QED) is 0.861. The van der Waals surface area contributed by atoms with Crippen molar-refractivity contribution >= 4 is 17.5 Å². The lowest BCUT2D eigenvalue weighted by molar-refractivity contribution is -0.130. The highest BCUT2D eigenvalue weighted by atomic mass is 16.2. The zero-order valence-electron chi connectivity index (χ0n) is 12.7. The fourth-order valence-electron chi connectivity index (χ4n) is 2.60. The van der Waals surface area contributed by atoms with Crippen LogP contribution in [0.2, 0.25) is 0 Å². The second-order valence-corrected chi connectivity index (χ2v) is 5.18. The smallest absolute Gasteiger partial charge is 0.241 e. The van der Waals surface area contributed by atoms with E-state index in [1.807, 2.05) is 38.1 Å². The second kappa shape index (κ2) is 7.22. The third-order valence-corrected chi connectivity index (χ3v) is 3.91. The van der Waals surface area contributed by atoms with Crippen molar-refractivity contribution in [1.82, 2.24) is 10.2 Å². The molecule has 0 bridgehead atoms. The summed E-state index contributed by atoms with van der Waals surface area (Å²) >= 11 is 0. The van der Waals surface area contributed by atoms with Gasteiger partial charge in [0.25, 0.3) is 0 Å². The number of nitrogens with zero attached hydrogens (tertiary/aromatic N) is 1. The number of aryl methyl sites for hydroxylation is 1. The molecule has 1 aromatic carbocycles. The van der Waals surface area contributed by atoms with E-state index in [4.69, 9.17) is 0 Å². The van der Waals surface area contributed by atoms with Crippen molar-refractivity contribution < 1.29 is 9.59 Å².